The van der Waals surface area contributed by atoms with Gasteiger partial charge < -0.3 is 5.32 Å². The van der Waals surface area contributed by atoms with Crippen LogP contribution in [-0.2, 0) is 0 Å². The summed E-state index contributed by atoms with van der Waals surface area (Å²) in [6.07, 6.45) is 3.30. The quantitative estimate of drug-likeness (QED) is 0.893. The maximum atomic E-state index is 12.1. The molecule has 0 saturated carbocycles. The highest BCUT2D eigenvalue weighted by molar-refractivity contribution is 6.31. The topological polar surface area (TPSA) is 62.7 Å². The first-order valence-corrected chi connectivity index (χ1v) is 7.22. The van der Waals surface area contributed by atoms with Crippen molar-refractivity contribution in [2.45, 2.75) is 32.2 Å². The second-order valence-electron chi connectivity index (χ2n) is 5.16. The molecule has 0 amide bonds. The molecular formula is C14H17ClN4O. The summed E-state index contributed by atoms with van der Waals surface area (Å²) in [7, 11) is 0. The summed E-state index contributed by atoms with van der Waals surface area (Å²) < 4.78 is 1.61. The van der Waals surface area contributed by atoms with Crippen molar-refractivity contribution in [2.75, 3.05) is 6.54 Å². The summed E-state index contributed by atoms with van der Waals surface area (Å²) >= 11 is 6.16. The molecule has 106 valence electrons. The highest BCUT2D eigenvalue weighted by Gasteiger charge is 2.22. The molecule has 2 heterocycles. The molecule has 1 unspecified atom stereocenters. The number of aryl methyl sites for hydroxylation is 1. The normalized spacial score (nSPS) is 19.2. The molecule has 0 spiro atoms. The lowest BCUT2D eigenvalue weighted by Gasteiger charge is -2.23. The molecule has 1 aliphatic heterocycles. The summed E-state index contributed by atoms with van der Waals surface area (Å²) in [5, 5.41) is 10.8. The molecule has 1 aromatic carbocycles. The molecule has 1 aromatic heterocycles. The van der Waals surface area contributed by atoms with Crippen molar-refractivity contribution in [3.05, 3.63) is 45.1 Å². The van der Waals surface area contributed by atoms with E-state index >= 15 is 0 Å². The van der Waals surface area contributed by atoms with Crippen molar-refractivity contribution in [1.82, 2.24) is 20.1 Å². The number of nitrogens with one attached hydrogen (secondary N) is 2. The molecule has 1 atom stereocenters. The molecule has 0 bridgehead atoms. The third-order valence-electron chi connectivity index (χ3n) is 3.73. The highest BCUT2D eigenvalue weighted by atomic mass is 35.5. The number of hydrogen-bond donors (Lipinski definition) is 2. The molecule has 1 fully saturated rings. The van der Waals surface area contributed by atoms with Crippen LogP contribution in [0, 0.1) is 6.92 Å². The Hall–Kier alpha value is -1.59. The van der Waals surface area contributed by atoms with E-state index in [4.69, 9.17) is 11.6 Å². The van der Waals surface area contributed by atoms with Crippen LogP contribution in [-0.4, -0.2) is 21.3 Å². The van der Waals surface area contributed by atoms with Gasteiger partial charge in [0.25, 0.3) is 0 Å². The van der Waals surface area contributed by atoms with Crippen molar-refractivity contribution in [1.29, 1.82) is 0 Å². The van der Waals surface area contributed by atoms with E-state index in [0.29, 0.717) is 5.02 Å². The monoisotopic (exact) mass is 292 g/mol. The van der Waals surface area contributed by atoms with Gasteiger partial charge in [-0.2, -0.15) is 5.10 Å². The molecule has 1 aliphatic rings. The van der Waals surface area contributed by atoms with Crippen molar-refractivity contribution in [3.8, 4) is 5.69 Å². The van der Waals surface area contributed by atoms with Crippen LogP contribution in [0.5, 0.6) is 0 Å². The average Bonchev–Trinajstić information content (AvgIpc) is 2.85. The number of nitrogens with zero attached hydrogens (tertiary/aromatic N) is 2. The summed E-state index contributed by atoms with van der Waals surface area (Å²) in [4.78, 5) is 12.1. The number of aromatic amines is 1. The maximum Gasteiger partial charge on any atom is 0.347 e. The number of halogens is 1. The lowest BCUT2D eigenvalue weighted by atomic mass is 10.0. The third-order valence-corrected chi connectivity index (χ3v) is 4.14. The van der Waals surface area contributed by atoms with E-state index in [1.54, 1.807) is 10.6 Å². The molecule has 5 nitrogen and oxygen atoms in total. The van der Waals surface area contributed by atoms with E-state index in [1.807, 2.05) is 19.1 Å². The van der Waals surface area contributed by atoms with Gasteiger partial charge in [0.2, 0.25) is 0 Å². The molecule has 0 radical (unpaired) electrons. The molecule has 2 N–H and O–H groups in total. The van der Waals surface area contributed by atoms with Gasteiger partial charge >= 0.3 is 5.69 Å². The van der Waals surface area contributed by atoms with E-state index in [2.05, 4.69) is 15.5 Å². The first-order chi connectivity index (χ1) is 9.66. The summed E-state index contributed by atoms with van der Waals surface area (Å²) in [5.74, 6) is 0.731. The fourth-order valence-corrected chi connectivity index (χ4v) is 2.76. The standard InChI is InChI=1S/C14H17ClN4O/c1-9-5-6-10(8-11(9)15)19-13(17-18-14(19)20)12-4-2-3-7-16-12/h5-6,8,12,16H,2-4,7H2,1H3,(H,18,20). The molecular weight excluding hydrogens is 276 g/mol. The number of piperidine rings is 1. The number of rotatable bonds is 2. The Morgan fingerprint density at radius 2 is 2.25 bits per heavy atom. The van der Waals surface area contributed by atoms with Gasteiger partial charge in [0, 0.05) is 5.02 Å². The minimum absolute atomic E-state index is 0.114. The van der Waals surface area contributed by atoms with Crippen LogP contribution in [0.2, 0.25) is 5.02 Å². The zero-order chi connectivity index (χ0) is 14.1. The minimum Gasteiger partial charge on any atom is -0.307 e. The van der Waals surface area contributed by atoms with Crippen molar-refractivity contribution in [3.63, 3.8) is 0 Å². The second-order valence-corrected chi connectivity index (χ2v) is 5.57. The average molecular weight is 293 g/mol. The van der Waals surface area contributed by atoms with Gasteiger partial charge in [0.15, 0.2) is 5.82 Å². The Balaban J connectivity index is 2.06. The van der Waals surface area contributed by atoms with Crippen molar-refractivity contribution < 1.29 is 0 Å². The summed E-state index contributed by atoms with van der Waals surface area (Å²) in [5.41, 5.74) is 1.51. The van der Waals surface area contributed by atoms with Crippen LogP contribution >= 0.6 is 11.6 Å². The fourth-order valence-electron chi connectivity index (χ4n) is 2.59. The predicted octanol–water partition coefficient (Wildman–Crippen LogP) is 2.34. The number of benzene rings is 1. The van der Waals surface area contributed by atoms with E-state index in [-0.39, 0.29) is 11.7 Å². The van der Waals surface area contributed by atoms with Gasteiger partial charge in [-0.15, -0.1) is 0 Å². The Bertz CT molecular complexity index is 670. The number of H-pyrrole nitrogens is 1. The largest absolute Gasteiger partial charge is 0.347 e. The van der Waals surface area contributed by atoms with Crippen molar-refractivity contribution >= 4 is 11.6 Å². The van der Waals surface area contributed by atoms with Crippen LogP contribution in [0.4, 0.5) is 0 Å². The van der Waals surface area contributed by atoms with Crippen LogP contribution in [0.3, 0.4) is 0 Å². The third kappa shape index (κ3) is 2.39. The van der Waals surface area contributed by atoms with Gasteiger partial charge in [-0.25, -0.2) is 14.5 Å². The maximum absolute atomic E-state index is 12.1. The van der Waals surface area contributed by atoms with Gasteiger partial charge in [0.05, 0.1) is 11.7 Å². The van der Waals surface area contributed by atoms with E-state index in [9.17, 15) is 4.79 Å². The first kappa shape index (κ1) is 13.4. The first-order valence-electron chi connectivity index (χ1n) is 6.84. The highest BCUT2D eigenvalue weighted by Crippen LogP contribution is 2.24. The molecule has 0 aliphatic carbocycles. The Kier molecular flexibility index (Phi) is 3.63. The van der Waals surface area contributed by atoms with E-state index in [1.165, 1.54) is 6.42 Å². The van der Waals surface area contributed by atoms with Gasteiger partial charge in [-0.05, 0) is 44.0 Å². The zero-order valence-corrected chi connectivity index (χ0v) is 12.1. The SMILES string of the molecule is Cc1ccc(-n2c(C3CCCCN3)n[nH]c2=O)cc1Cl. The van der Waals surface area contributed by atoms with Gasteiger partial charge in [-0.1, -0.05) is 24.1 Å². The van der Waals surface area contributed by atoms with E-state index < -0.39 is 0 Å². The predicted molar refractivity (Wildman–Crippen MR) is 78.5 cm³/mol. The zero-order valence-electron chi connectivity index (χ0n) is 11.3. The molecule has 2 aromatic rings. The molecule has 20 heavy (non-hydrogen) atoms. The lowest BCUT2D eigenvalue weighted by molar-refractivity contribution is 0.393. The molecule has 3 rings (SSSR count). The van der Waals surface area contributed by atoms with Gasteiger partial charge in [0.1, 0.15) is 0 Å². The molecule has 6 heteroatoms. The molecule has 1 saturated heterocycles. The summed E-state index contributed by atoms with van der Waals surface area (Å²) in [6.45, 7) is 2.90. The Morgan fingerprint density at radius 3 is 2.95 bits per heavy atom. The Labute approximate surface area is 122 Å². The van der Waals surface area contributed by atoms with Crippen molar-refractivity contribution in [2.24, 2.45) is 0 Å². The fraction of sp³-hybridized carbons (Fsp3) is 0.429. The smallest absolute Gasteiger partial charge is 0.307 e. The number of aromatic nitrogens is 3. The second kappa shape index (κ2) is 5.42. The number of hydrogen-bond acceptors (Lipinski definition) is 3. The van der Waals surface area contributed by atoms with Crippen LogP contribution in [0.1, 0.15) is 36.7 Å². The van der Waals surface area contributed by atoms with Crippen LogP contribution in [0.25, 0.3) is 5.69 Å². The van der Waals surface area contributed by atoms with Gasteiger partial charge in [-0.3, -0.25) is 0 Å². The van der Waals surface area contributed by atoms with Crippen LogP contribution < -0.4 is 11.0 Å². The Morgan fingerprint density at radius 1 is 1.40 bits per heavy atom. The van der Waals surface area contributed by atoms with E-state index in [0.717, 1.165) is 36.5 Å². The lowest BCUT2D eigenvalue weighted by Crippen LogP contribution is -2.30. The van der Waals surface area contributed by atoms with Crippen LogP contribution in [0.15, 0.2) is 23.0 Å². The summed E-state index contributed by atoms with van der Waals surface area (Å²) in [6, 6.07) is 5.72. The minimum atomic E-state index is -0.229.